The summed E-state index contributed by atoms with van der Waals surface area (Å²) in [7, 11) is 3.17. The highest BCUT2D eigenvalue weighted by Gasteiger charge is 2.11. The number of nitrogens with one attached hydrogen (secondary N) is 2. The first-order chi connectivity index (χ1) is 11.6. The van der Waals surface area contributed by atoms with Crippen molar-refractivity contribution in [3.63, 3.8) is 0 Å². The summed E-state index contributed by atoms with van der Waals surface area (Å²) in [6, 6.07) is 4.98. The summed E-state index contributed by atoms with van der Waals surface area (Å²) in [5.41, 5.74) is 0.816. The van der Waals surface area contributed by atoms with Crippen LogP contribution in [0.25, 0.3) is 0 Å². The van der Waals surface area contributed by atoms with Gasteiger partial charge in [-0.3, -0.25) is 4.79 Å². The first kappa shape index (κ1) is 18.0. The fourth-order valence-electron chi connectivity index (χ4n) is 1.93. The molecule has 2 aromatic rings. The number of benzene rings is 1. The SMILES string of the molecule is COCCCNc1ncc(C(=O)Nc2cc(Cl)ccc2OC)cn1. The number of nitrogens with zero attached hydrogens (tertiary/aromatic N) is 2. The van der Waals surface area contributed by atoms with Crippen molar-refractivity contribution >= 4 is 29.1 Å². The molecule has 0 radical (unpaired) electrons. The third kappa shape index (κ3) is 5.07. The number of amides is 1. The van der Waals surface area contributed by atoms with Crippen LogP contribution in [0.3, 0.4) is 0 Å². The van der Waals surface area contributed by atoms with Crippen molar-refractivity contribution in [3.05, 3.63) is 41.2 Å². The first-order valence-electron chi connectivity index (χ1n) is 7.33. The van der Waals surface area contributed by atoms with Crippen molar-refractivity contribution in [2.75, 3.05) is 38.0 Å². The van der Waals surface area contributed by atoms with E-state index < -0.39 is 0 Å². The van der Waals surface area contributed by atoms with Crippen molar-refractivity contribution < 1.29 is 14.3 Å². The first-order valence-corrected chi connectivity index (χ1v) is 7.71. The van der Waals surface area contributed by atoms with E-state index in [1.54, 1.807) is 25.3 Å². The molecule has 0 bridgehead atoms. The summed E-state index contributed by atoms with van der Waals surface area (Å²) in [6.45, 7) is 1.36. The van der Waals surface area contributed by atoms with Crippen molar-refractivity contribution in [2.24, 2.45) is 0 Å². The van der Waals surface area contributed by atoms with Crippen molar-refractivity contribution in [3.8, 4) is 5.75 Å². The Morgan fingerprint density at radius 1 is 1.25 bits per heavy atom. The van der Waals surface area contributed by atoms with Crippen LogP contribution in [0, 0.1) is 0 Å². The van der Waals surface area contributed by atoms with Crippen LogP contribution in [0.5, 0.6) is 5.75 Å². The van der Waals surface area contributed by atoms with Gasteiger partial charge < -0.3 is 20.1 Å². The summed E-state index contributed by atoms with van der Waals surface area (Å²) >= 11 is 5.95. The van der Waals surface area contributed by atoms with Crippen LogP contribution in [0.2, 0.25) is 5.02 Å². The maximum absolute atomic E-state index is 12.3. The molecular weight excluding hydrogens is 332 g/mol. The predicted molar refractivity (Wildman–Crippen MR) is 93.0 cm³/mol. The average Bonchev–Trinajstić information content (AvgIpc) is 2.59. The van der Waals surface area contributed by atoms with Crippen molar-refractivity contribution in [1.82, 2.24) is 9.97 Å². The molecule has 8 heteroatoms. The molecule has 1 aromatic heterocycles. The lowest BCUT2D eigenvalue weighted by Crippen LogP contribution is -2.14. The molecule has 0 aliphatic carbocycles. The number of hydrogen-bond donors (Lipinski definition) is 2. The van der Waals surface area contributed by atoms with Gasteiger partial charge in [-0.05, 0) is 24.6 Å². The molecule has 0 unspecified atom stereocenters. The van der Waals surface area contributed by atoms with Crippen molar-refractivity contribution in [2.45, 2.75) is 6.42 Å². The molecule has 2 rings (SSSR count). The zero-order chi connectivity index (χ0) is 17.4. The number of carbonyl (C=O) groups excluding carboxylic acids is 1. The van der Waals surface area contributed by atoms with E-state index in [2.05, 4.69) is 20.6 Å². The maximum atomic E-state index is 12.3. The third-order valence-corrected chi connectivity index (χ3v) is 3.37. The monoisotopic (exact) mass is 350 g/mol. The zero-order valence-electron chi connectivity index (χ0n) is 13.5. The highest BCUT2D eigenvalue weighted by atomic mass is 35.5. The predicted octanol–water partition coefficient (Wildman–Crippen LogP) is 2.84. The van der Waals surface area contributed by atoms with Crippen molar-refractivity contribution in [1.29, 1.82) is 0 Å². The standard InChI is InChI=1S/C16H19ClN4O3/c1-23-7-3-6-18-16-19-9-11(10-20-16)15(22)21-13-8-12(17)4-5-14(13)24-2/h4-5,8-10H,3,6-7H2,1-2H3,(H,21,22)(H,18,19,20). The van der Waals surface area contributed by atoms with Crippen LogP contribution in [0.4, 0.5) is 11.6 Å². The molecular formula is C16H19ClN4O3. The molecule has 0 spiro atoms. The Kier molecular flexibility index (Phi) is 6.77. The van der Waals surface area contributed by atoms with E-state index in [1.807, 2.05) is 0 Å². The highest BCUT2D eigenvalue weighted by Crippen LogP contribution is 2.28. The maximum Gasteiger partial charge on any atom is 0.258 e. The molecule has 1 aromatic carbocycles. The van der Waals surface area contributed by atoms with E-state index in [0.29, 0.717) is 41.1 Å². The van der Waals surface area contributed by atoms with Gasteiger partial charge in [0.25, 0.3) is 5.91 Å². The van der Waals surface area contributed by atoms with Crippen LogP contribution in [0.1, 0.15) is 16.8 Å². The number of carbonyl (C=O) groups is 1. The second-order valence-corrected chi connectivity index (χ2v) is 5.30. The van der Waals surface area contributed by atoms with E-state index in [4.69, 9.17) is 21.1 Å². The smallest absolute Gasteiger partial charge is 0.258 e. The minimum Gasteiger partial charge on any atom is -0.495 e. The Bertz CT molecular complexity index is 680. The van der Waals surface area contributed by atoms with Crippen LogP contribution >= 0.6 is 11.6 Å². The summed E-state index contributed by atoms with van der Waals surface area (Å²) in [5.74, 6) is 0.634. The van der Waals surface area contributed by atoms with Crippen LogP contribution < -0.4 is 15.4 Å². The molecule has 0 saturated heterocycles. The molecule has 2 N–H and O–H groups in total. The zero-order valence-corrected chi connectivity index (χ0v) is 14.3. The number of ether oxygens (including phenoxy) is 2. The van der Waals surface area contributed by atoms with Gasteiger partial charge in [-0.1, -0.05) is 11.6 Å². The number of halogens is 1. The number of aromatic nitrogens is 2. The minimum absolute atomic E-state index is 0.333. The fourth-order valence-corrected chi connectivity index (χ4v) is 2.10. The van der Waals surface area contributed by atoms with Gasteiger partial charge in [0.2, 0.25) is 5.95 Å². The Balaban J connectivity index is 1.99. The average molecular weight is 351 g/mol. The molecule has 24 heavy (non-hydrogen) atoms. The quantitative estimate of drug-likeness (QED) is 0.712. The van der Waals surface area contributed by atoms with Crippen LogP contribution in [-0.2, 0) is 4.74 Å². The van der Waals surface area contributed by atoms with Gasteiger partial charge in [0.05, 0.1) is 18.4 Å². The Labute approximate surface area is 145 Å². The lowest BCUT2D eigenvalue weighted by atomic mass is 10.2. The van der Waals surface area contributed by atoms with Gasteiger partial charge in [-0.15, -0.1) is 0 Å². The summed E-state index contributed by atoms with van der Waals surface area (Å²) in [4.78, 5) is 20.5. The molecule has 0 aliphatic rings. The van der Waals surface area contributed by atoms with E-state index in [9.17, 15) is 4.79 Å². The topological polar surface area (TPSA) is 85.4 Å². The van der Waals surface area contributed by atoms with Gasteiger partial charge in [0.15, 0.2) is 0 Å². The van der Waals surface area contributed by atoms with Crippen LogP contribution in [-0.4, -0.2) is 43.2 Å². The summed E-state index contributed by atoms with van der Waals surface area (Å²) in [5, 5.41) is 6.28. The number of hydrogen-bond acceptors (Lipinski definition) is 6. The fraction of sp³-hybridized carbons (Fsp3) is 0.312. The summed E-state index contributed by atoms with van der Waals surface area (Å²) < 4.78 is 10.2. The molecule has 7 nitrogen and oxygen atoms in total. The second-order valence-electron chi connectivity index (χ2n) is 4.87. The molecule has 1 heterocycles. The third-order valence-electron chi connectivity index (χ3n) is 3.13. The van der Waals surface area contributed by atoms with Gasteiger partial charge in [0, 0.05) is 37.7 Å². The van der Waals surface area contributed by atoms with E-state index in [-0.39, 0.29) is 5.91 Å². The molecule has 0 fully saturated rings. The lowest BCUT2D eigenvalue weighted by molar-refractivity contribution is 0.102. The van der Waals surface area contributed by atoms with Gasteiger partial charge in [0.1, 0.15) is 5.75 Å². The van der Waals surface area contributed by atoms with Gasteiger partial charge in [-0.2, -0.15) is 0 Å². The van der Waals surface area contributed by atoms with Gasteiger partial charge in [-0.25, -0.2) is 9.97 Å². The Morgan fingerprint density at radius 3 is 2.67 bits per heavy atom. The van der Waals surface area contributed by atoms with Crippen LogP contribution in [0.15, 0.2) is 30.6 Å². The number of rotatable bonds is 8. The molecule has 0 saturated carbocycles. The summed E-state index contributed by atoms with van der Waals surface area (Å²) in [6.07, 6.45) is 3.76. The Hall–Kier alpha value is -2.38. The van der Waals surface area contributed by atoms with E-state index >= 15 is 0 Å². The molecule has 1 amide bonds. The normalized spacial score (nSPS) is 10.3. The second kappa shape index (κ2) is 9.05. The molecule has 0 aliphatic heterocycles. The number of anilines is 2. The largest absolute Gasteiger partial charge is 0.495 e. The number of methoxy groups -OCH3 is 2. The lowest BCUT2D eigenvalue weighted by Gasteiger charge is -2.10. The molecule has 0 atom stereocenters. The highest BCUT2D eigenvalue weighted by molar-refractivity contribution is 6.31. The minimum atomic E-state index is -0.346. The van der Waals surface area contributed by atoms with E-state index in [1.165, 1.54) is 19.5 Å². The van der Waals surface area contributed by atoms with E-state index in [0.717, 1.165) is 6.42 Å². The molecule has 128 valence electrons. The Morgan fingerprint density at radius 2 is 2.00 bits per heavy atom. The van der Waals surface area contributed by atoms with Gasteiger partial charge >= 0.3 is 0 Å².